The Labute approximate surface area is 161 Å². The van der Waals surface area contributed by atoms with Gasteiger partial charge in [-0.15, -0.1) is 12.4 Å². The molecule has 11 heteroatoms. The van der Waals surface area contributed by atoms with Gasteiger partial charge >= 0.3 is 5.97 Å². The standard InChI is InChI=1S/C15H29N3O6S.ClH/c1-11(2)12(3)16-14(19)9-17-5-6-24-13(7-17)8-18(10-15(20)21)25(4,22)23;/h11-13H,5-10H2,1-4H3,(H,16,19)(H,20,21);1H. The Morgan fingerprint density at radius 3 is 2.46 bits per heavy atom. The van der Waals surface area contributed by atoms with E-state index in [1.807, 2.05) is 25.7 Å². The highest BCUT2D eigenvalue weighted by molar-refractivity contribution is 7.88. The van der Waals surface area contributed by atoms with Gasteiger partial charge in [-0.1, -0.05) is 13.8 Å². The number of hydrogen-bond donors (Lipinski definition) is 2. The third kappa shape index (κ3) is 9.13. The monoisotopic (exact) mass is 415 g/mol. The van der Waals surface area contributed by atoms with Gasteiger partial charge in [0.25, 0.3) is 0 Å². The molecule has 0 aliphatic carbocycles. The molecule has 1 saturated heterocycles. The van der Waals surface area contributed by atoms with Crippen LogP contribution in [-0.4, -0.2) is 92.3 Å². The number of carboxylic acids is 1. The minimum Gasteiger partial charge on any atom is -0.480 e. The van der Waals surface area contributed by atoms with Crippen molar-refractivity contribution >= 4 is 34.3 Å². The fourth-order valence-corrected chi connectivity index (χ4v) is 3.18. The van der Waals surface area contributed by atoms with E-state index in [9.17, 15) is 18.0 Å². The van der Waals surface area contributed by atoms with Gasteiger partial charge in [-0.05, 0) is 12.8 Å². The molecule has 0 aromatic carbocycles. The molecule has 1 amide bonds. The first-order valence-corrected chi connectivity index (χ1v) is 10.1. The molecule has 1 heterocycles. The fourth-order valence-electron chi connectivity index (χ4n) is 2.40. The van der Waals surface area contributed by atoms with Crippen molar-refractivity contribution in [2.75, 3.05) is 45.6 Å². The van der Waals surface area contributed by atoms with Crippen LogP contribution >= 0.6 is 12.4 Å². The molecule has 26 heavy (non-hydrogen) atoms. The molecular weight excluding hydrogens is 386 g/mol. The van der Waals surface area contributed by atoms with Crippen LogP contribution in [0.25, 0.3) is 0 Å². The van der Waals surface area contributed by atoms with Gasteiger partial charge in [0, 0.05) is 25.7 Å². The van der Waals surface area contributed by atoms with Crippen LogP contribution in [0.1, 0.15) is 20.8 Å². The van der Waals surface area contributed by atoms with E-state index in [1.165, 1.54) is 0 Å². The van der Waals surface area contributed by atoms with Gasteiger partial charge in [0.2, 0.25) is 15.9 Å². The Morgan fingerprint density at radius 1 is 1.35 bits per heavy atom. The minimum absolute atomic E-state index is 0. The molecular formula is C15H30ClN3O6S. The van der Waals surface area contributed by atoms with Crippen LogP contribution in [-0.2, 0) is 24.3 Å². The zero-order valence-electron chi connectivity index (χ0n) is 15.7. The summed E-state index contributed by atoms with van der Waals surface area (Å²) in [6, 6.07) is 0.0700. The number of hydrogen-bond acceptors (Lipinski definition) is 6. The van der Waals surface area contributed by atoms with Gasteiger partial charge in [-0.2, -0.15) is 4.31 Å². The Morgan fingerprint density at radius 2 is 1.96 bits per heavy atom. The molecule has 2 unspecified atom stereocenters. The molecule has 1 aliphatic heterocycles. The number of carboxylic acid groups (broad SMARTS) is 1. The second kappa shape index (κ2) is 11.0. The van der Waals surface area contributed by atoms with E-state index in [0.717, 1.165) is 10.6 Å². The number of morpholine rings is 1. The van der Waals surface area contributed by atoms with E-state index in [4.69, 9.17) is 9.84 Å². The largest absolute Gasteiger partial charge is 0.480 e. The highest BCUT2D eigenvalue weighted by atomic mass is 35.5. The maximum Gasteiger partial charge on any atom is 0.318 e. The molecule has 0 aromatic rings. The van der Waals surface area contributed by atoms with Gasteiger partial charge in [0.05, 0.1) is 25.5 Å². The molecule has 9 nitrogen and oxygen atoms in total. The third-order valence-corrected chi connectivity index (χ3v) is 5.38. The molecule has 2 N–H and O–H groups in total. The predicted molar refractivity (Wildman–Crippen MR) is 99.9 cm³/mol. The quantitative estimate of drug-likeness (QED) is 0.527. The fraction of sp³-hybridized carbons (Fsp3) is 0.867. The zero-order chi connectivity index (χ0) is 19.2. The molecule has 0 saturated carbocycles. The summed E-state index contributed by atoms with van der Waals surface area (Å²) in [6.45, 7) is 6.84. The average molecular weight is 416 g/mol. The van der Waals surface area contributed by atoms with Gasteiger partial charge in [0.15, 0.2) is 0 Å². The van der Waals surface area contributed by atoms with Crippen molar-refractivity contribution < 1.29 is 27.9 Å². The van der Waals surface area contributed by atoms with E-state index >= 15 is 0 Å². The number of ether oxygens (including phenoxy) is 1. The van der Waals surface area contributed by atoms with E-state index in [1.54, 1.807) is 0 Å². The lowest BCUT2D eigenvalue weighted by molar-refractivity contribution is -0.137. The number of nitrogens with zero attached hydrogens (tertiary/aromatic N) is 2. The highest BCUT2D eigenvalue weighted by Gasteiger charge is 2.28. The second-order valence-electron chi connectivity index (χ2n) is 6.78. The first kappa shape index (κ1) is 25.1. The smallest absolute Gasteiger partial charge is 0.318 e. The van der Waals surface area contributed by atoms with E-state index in [2.05, 4.69) is 5.32 Å². The molecule has 154 valence electrons. The molecule has 0 bridgehead atoms. The Kier molecular flexibility index (Phi) is 10.6. The van der Waals surface area contributed by atoms with Crippen LogP contribution in [0.3, 0.4) is 0 Å². The normalized spacial score (nSPS) is 19.8. The van der Waals surface area contributed by atoms with Crippen LogP contribution in [0.5, 0.6) is 0 Å². The summed E-state index contributed by atoms with van der Waals surface area (Å²) >= 11 is 0. The number of rotatable bonds is 9. The van der Waals surface area contributed by atoms with Crippen LogP contribution in [0.2, 0.25) is 0 Å². The van der Waals surface area contributed by atoms with Crippen LogP contribution in [0, 0.1) is 5.92 Å². The van der Waals surface area contributed by atoms with Crippen molar-refractivity contribution in [3.05, 3.63) is 0 Å². The topological polar surface area (TPSA) is 116 Å². The van der Waals surface area contributed by atoms with E-state index in [-0.39, 0.29) is 37.4 Å². The van der Waals surface area contributed by atoms with E-state index in [0.29, 0.717) is 25.6 Å². The highest BCUT2D eigenvalue weighted by Crippen LogP contribution is 2.10. The number of nitrogens with one attached hydrogen (secondary N) is 1. The molecule has 2 atom stereocenters. The molecule has 1 rings (SSSR count). The van der Waals surface area contributed by atoms with Gasteiger partial charge < -0.3 is 15.2 Å². The maximum absolute atomic E-state index is 12.1. The second-order valence-corrected chi connectivity index (χ2v) is 8.76. The van der Waals surface area contributed by atoms with Crippen molar-refractivity contribution in [2.45, 2.75) is 32.9 Å². The number of carbonyl (C=O) groups excluding carboxylic acids is 1. The number of sulfonamides is 1. The van der Waals surface area contributed by atoms with Crippen LogP contribution in [0.15, 0.2) is 0 Å². The number of amides is 1. The Balaban J connectivity index is 0.00000625. The number of carbonyl (C=O) groups is 2. The first-order valence-electron chi connectivity index (χ1n) is 8.29. The van der Waals surface area contributed by atoms with Crippen LogP contribution < -0.4 is 5.32 Å². The molecule has 0 spiro atoms. The first-order chi connectivity index (χ1) is 11.5. The molecule has 1 aliphatic rings. The van der Waals surface area contributed by atoms with Crippen LogP contribution in [0.4, 0.5) is 0 Å². The Hall–Kier alpha value is -0.940. The van der Waals surface area contributed by atoms with Gasteiger partial charge in [-0.25, -0.2) is 8.42 Å². The van der Waals surface area contributed by atoms with Crippen molar-refractivity contribution in [1.82, 2.24) is 14.5 Å². The van der Waals surface area contributed by atoms with Crippen molar-refractivity contribution in [1.29, 1.82) is 0 Å². The predicted octanol–water partition coefficient (Wildman–Crippen LogP) is -0.384. The Bertz CT molecular complexity index is 572. The average Bonchev–Trinajstić information content (AvgIpc) is 2.45. The summed E-state index contributed by atoms with van der Waals surface area (Å²) in [4.78, 5) is 24.8. The summed E-state index contributed by atoms with van der Waals surface area (Å²) in [5.74, 6) is -0.978. The SMILES string of the molecule is CC(C)C(C)NC(=O)CN1CCOC(CN(CC(=O)O)S(C)(=O)=O)C1.Cl. The lowest BCUT2D eigenvalue weighted by atomic mass is 10.1. The van der Waals surface area contributed by atoms with Crippen molar-refractivity contribution in [3.8, 4) is 0 Å². The van der Waals surface area contributed by atoms with Gasteiger partial charge in [0.1, 0.15) is 6.54 Å². The lowest BCUT2D eigenvalue weighted by Gasteiger charge is -2.34. The summed E-state index contributed by atoms with van der Waals surface area (Å²) in [7, 11) is -3.65. The molecule has 0 radical (unpaired) electrons. The van der Waals surface area contributed by atoms with Crippen molar-refractivity contribution in [3.63, 3.8) is 0 Å². The zero-order valence-corrected chi connectivity index (χ0v) is 17.3. The minimum atomic E-state index is -3.65. The molecule has 1 fully saturated rings. The van der Waals surface area contributed by atoms with E-state index < -0.39 is 28.6 Å². The summed E-state index contributed by atoms with van der Waals surface area (Å²) in [5, 5.41) is 11.8. The van der Waals surface area contributed by atoms with Gasteiger partial charge in [-0.3, -0.25) is 14.5 Å². The number of halogens is 1. The lowest BCUT2D eigenvalue weighted by Crippen LogP contribution is -2.52. The maximum atomic E-state index is 12.1. The number of aliphatic carboxylic acids is 1. The summed E-state index contributed by atoms with van der Waals surface area (Å²) < 4.78 is 29.9. The summed E-state index contributed by atoms with van der Waals surface area (Å²) in [6.07, 6.45) is 0.496. The third-order valence-electron chi connectivity index (χ3n) is 4.17. The molecule has 0 aromatic heterocycles. The summed E-state index contributed by atoms with van der Waals surface area (Å²) in [5.41, 5.74) is 0. The van der Waals surface area contributed by atoms with Crippen molar-refractivity contribution in [2.24, 2.45) is 5.92 Å².